The van der Waals surface area contributed by atoms with E-state index in [1.165, 1.54) is 12.1 Å². The molecule has 0 saturated carbocycles. The summed E-state index contributed by atoms with van der Waals surface area (Å²) in [7, 11) is 1.59. The molecular formula is C14H13FO2. The molecule has 0 aliphatic heterocycles. The molecule has 0 amide bonds. The molecule has 0 aromatic heterocycles. The van der Waals surface area contributed by atoms with E-state index >= 15 is 0 Å². The van der Waals surface area contributed by atoms with Crippen LogP contribution in [0, 0.1) is 5.82 Å². The monoisotopic (exact) mass is 232 g/mol. The van der Waals surface area contributed by atoms with Crippen molar-refractivity contribution in [3.05, 3.63) is 65.5 Å². The lowest BCUT2D eigenvalue weighted by molar-refractivity contribution is 0.220. The van der Waals surface area contributed by atoms with Crippen molar-refractivity contribution in [2.45, 2.75) is 6.10 Å². The number of hydrogen-bond donors (Lipinski definition) is 1. The molecule has 0 unspecified atom stereocenters. The quantitative estimate of drug-likeness (QED) is 0.881. The zero-order valence-electron chi connectivity index (χ0n) is 9.43. The molecule has 2 rings (SSSR count). The first-order valence-electron chi connectivity index (χ1n) is 5.28. The summed E-state index contributed by atoms with van der Waals surface area (Å²) in [6.07, 6.45) is -0.749. The number of rotatable bonds is 3. The van der Waals surface area contributed by atoms with Gasteiger partial charge in [0.15, 0.2) is 0 Å². The number of halogens is 1. The lowest BCUT2D eigenvalue weighted by Crippen LogP contribution is -1.99. The maximum atomic E-state index is 12.8. The molecule has 0 aliphatic carbocycles. The van der Waals surface area contributed by atoms with Crippen LogP contribution in [0.25, 0.3) is 0 Å². The van der Waals surface area contributed by atoms with Gasteiger partial charge in [-0.05, 0) is 35.4 Å². The van der Waals surface area contributed by atoms with Gasteiger partial charge in [0, 0.05) is 0 Å². The SMILES string of the molecule is COc1ccc([C@H](O)c2ccc(F)cc2)cc1. The van der Waals surface area contributed by atoms with Crippen LogP contribution in [0.4, 0.5) is 4.39 Å². The molecule has 0 bridgehead atoms. The van der Waals surface area contributed by atoms with Crippen LogP contribution in [0.3, 0.4) is 0 Å². The summed E-state index contributed by atoms with van der Waals surface area (Å²) in [6.45, 7) is 0. The Labute approximate surface area is 99.3 Å². The molecule has 1 N–H and O–H groups in total. The van der Waals surface area contributed by atoms with Crippen molar-refractivity contribution in [2.75, 3.05) is 7.11 Å². The van der Waals surface area contributed by atoms with E-state index in [2.05, 4.69) is 0 Å². The fourth-order valence-corrected chi connectivity index (χ4v) is 1.62. The van der Waals surface area contributed by atoms with E-state index in [1.807, 2.05) is 0 Å². The van der Waals surface area contributed by atoms with Crippen LogP contribution in [0.5, 0.6) is 5.75 Å². The van der Waals surface area contributed by atoms with Crippen LogP contribution in [0.2, 0.25) is 0 Å². The highest BCUT2D eigenvalue weighted by atomic mass is 19.1. The second-order valence-corrected chi connectivity index (χ2v) is 3.73. The molecule has 0 spiro atoms. The highest BCUT2D eigenvalue weighted by molar-refractivity contribution is 5.34. The van der Waals surface area contributed by atoms with E-state index in [0.717, 1.165) is 11.3 Å². The smallest absolute Gasteiger partial charge is 0.123 e. The van der Waals surface area contributed by atoms with E-state index in [9.17, 15) is 9.50 Å². The minimum atomic E-state index is -0.749. The van der Waals surface area contributed by atoms with Crippen molar-refractivity contribution < 1.29 is 14.2 Å². The Kier molecular flexibility index (Phi) is 3.40. The molecule has 0 fully saturated rings. The van der Waals surface area contributed by atoms with Crippen LogP contribution >= 0.6 is 0 Å². The Morgan fingerprint density at radius 2 is 1.41 bits per heavy atom. The second-order valence-electron chi connectivity index (χ2n) is 3.73. The highest BCUT2D eigenvalue weighted by Gasteiger charge is 2.10. The van der Waals surface area contributed by atoms with Gasteiger partial charge in [-0.25, -0.2) is 4.39 Å². The summed E-state index contributed by atoms with van der Waals surface area (Å²) in [6, 6.07) is 12.9. The minimum absolute atomic E-state index is 0.310. The second kappa shape index (κ2) is 4.97. The Morgan fingerprint density at radius 1 is 0.941 bits per heavy atom. The Balaban J connectivity index is 2.23. The fourth-order valence-electron chi connectivity index (χ4n) is 1.62. The first-order chi connectivity index (χ1) is 8.20. The van der Waals surface area contributed by atoms with Crippen molar-refractivity contribution >= 4 is 0 Å². The maximum absolute atomic E-state index is 12.8. The molecule has 0 heterocycles. The van der Waals surface area contributed by atoms with Crippen LogP contribution in [-0.2, 0) is 0 Å². The molecule has 0 aliphatic rings. The number of aliphatic hydroxyl groups excluding tert-OH is 1. The summed E-state index contributed by atoms with van der Waals surface area (Å²) in [4.78, 5) is 0. The van der Waals surface area contributed by atoms with Crippen molar-refractivity contribution in [3.63, 3.8) is 0 Å². The Hall–Kier alpha value is -1.87. The largest absolute Gasteiger partial charge is 0.497 e. The van der Waals surface area contributed by atoms with Gasteiger partial charge in [0.1, 0.15) is 17.7 Å². The van der Waals surface area contributed by atoms with Crippen molar-refractivity contribution in [2.24, 2.45) is 0 Å². The molecule has 17 heavy (non-hydrogen) atoms. The van der Waals surface area contributed by atoms with Crippen molar-refractivity contribution in [1.29, 1.82) is 0 Å². The zero-order valence-corrected chi connectivity index (χ0v) is 9.43. The highest BCUT2D eigenvalue weighted by Crippen LogP contribution is 2.23. The summed E-state index contributed by atoms with van der Waals surface area (Å²) in [5, 5.41) is 10.1. The number of benzene rings is 2. The number of ether oxygens (including phenoxy) is 1. The number of methoxy groups -OCH3 is 1. The van der Waals surface area contributed by atoms with Gasteiger partial charge < -0.3 is 9.84 Å². The van der Waals surface area contributed by atoms with E-state index in [0.29, 0.717) is 5.56 Å². The summed E-state index contributed by atoms with van der Waals surface area (Å²) >= 11 is 0. The van der Waals surface area contributed by atoms with E-state index in [4.69, 9.17) is 4.74 Å². The molecule has 1 atom stereocenters. The number of aliphatic hydroxyl groups is 1. The average Bonchev–Trinajstić information content (AvgIpc) is 2.39. The summed E-state index contributed by atoms with van der Waals surface area (Å²) < 4.78 is 17.8. The van der Waals surface area contributed by atoms with Gasteiger partial charge in [0.05, 0.1) is 7.11 Å². The lowest BCUT2D eigenvalue weighted by Gasteiger charge is -2.11. The molecule has 3 heteroatoms. The topological polar surface area (TPSA) is 29.5 Å². The van der Waals surface area contributed by atoms with Crippen molar-refractivity contribution in [1.82, 2.24) is 0 Å². The number of hydrogen-bond acceptors (Lipinski definition) is 2. The molecule has 88 valence electrons. The summed E-state index contributed by atoms with van der Waals surface area (Å²) in [5.41, 5.74) is 1.41. The van der Waals surface area contributed by atoms with Crippen LogP contribution in [0.15, 0.2) is 48.5 Å². The van der Waals surface area contributed by atoms with Crippen LogP contribution in [-0.4, -0.2) is 12.2 Å². The predicted octanol–water partition coefficient (Wildman–Crippen LogP) is 2.92. The molecule has 2 aromatic carbocycles. The fraction of sp³-hybridized carbons (Fsp3) is 0.143. The Bertz CT molecular complexity index is 477. The lowest BCUT2D eigenvalue weighted by atomic mass is 10.0. The average molecular weight is 232 g/mol. The third-order valence-electron chi connectivity index (χ3n) is 2.62. The molecule has 2 nitrogen and oxygen atoms in total. The third kappa shape index (κ3) is 2.63. The predicted molar refractivity (Wildman–Crippen MR) is 63.5 cm³/mol. The van der Waals surface area contributed by atoms with Crippen LogP contribution in [0.1, 0.15) is 17.2 Å². The zero-order chi connectivity index (χ0) is 12.3. The Morgan fingerprint density at radius 3 is 1.88 bits per heavy atom. The first-order valence-corrected chi connectivity index (χ1v) is 5.28. The third-order valence-corrected chi connectivity index (χ3v) is 2.62. The van der Waals surface area contributed by atoms with Gasteiger partial charge >= 0.3 is 0 Å². The van der Waals surface area contributed by atoms with Gasteiger partial charge in [-0.3, -0.25) is 0 Å². The van der Waals surface area contributed by atoms with Gasteiger partial charge in [-0.1, -0.05) is 24.3 Å². The molecule has 2 aromatic rings. The van der Waals surface area contributed by atoms with Crippen LogP contribution < -0.4 is 4.74 Å². The van der Waals surface area contributed by atoms with E-state index < -0.39 is 6.10 Å². The van der Waals surface area contributed by atoms with E-state index in [1.54, 1.807) is 43.5 Å². The van der Waals surface area contributed by atoms with Gasteiger partial charge in [0.25, 0.3) is 0 Å². The molecular weight excluding hydrogens is 219 g/mol. The maximum Gasteiger partial charge on any atom is 0.123 e. The summed E-state index contributed by atoms with van der Waals surface area (Å²) in [5.74, 6) is 0.427. The standard InChI is InChI=1S/C14H13FO2/c1-17-13-8-4-11(5-9-13)14(16)10-2-6-12(15)7-3-10/h2-9,14,16H,1H3/t14-/m1/s1. The van der Waals surface area contributed by atoms with E-state index in [-0.39, 0.29) is 5.82 Å². The molecule has 0 saturated heterocycles. The first kappa shape index (κ1) is 11.6. The van der Waals surface area contributed by atoms with Crippen molar-refractivity contribution in [3.8, 4) is 5.75 Å². The van der Waals surface area contributed by atoms with Gasteiger partial charge in [0.2, 0.25) is 0 Å². The minimum Gasteiger partial charge on any atom is -0.497 e. The van der Waals surface area contributed by atoms with Gasteiger partial charge in [-0.15, -0.1) is 0 Å². The van der Waals surface area contributed by atoms with Gasteiger partial charge in [-0.2, -0.15) is 0 Å². The normalized spacial score (nSPS) is 12.2. The molecule has 0 radical (unpaired) electrons.